The standard InChI is InChI=1S/C9H13NOS/c1-3-9(2,10)8(11)7-4-5-12-6-7/h4-6H,3,10H2,1-2H3. The van der Waals surface area contributed by atoms with Crippen LogP contribution in [0.4, 0.5) is 0 Å². The van der Waals surface area contributed by atoms with Crippen molar-refractivity contribution in [2.45, 2.75) is 25.8 Å². The van der Waals surface area contributed by atoms with Gasteiger partial charge in [-0.3, -0.25) is 4.79 Å². The van der Waals surface area contributed by atoms with E-state index in [1.807, 2.05) is 23.8 Å². The maximum absolute atomic E-state index is 11.6. The second-order valence-electron chi connectivity index (χ2n) is 3.11. The average Bonchev–Trinajstić information content (AvgIpc) is 2.55. The van der Waals surface area contributed by atoms with Gasteiger partial charge in [0, 0.05) is 10.9 Å². The Kier molecular flexibility index (Phi) is 2.65. The van der Waals surface area contributed by atoms with Gasteiger partial charge in [0.05, 0.1) is 5.54 Å². The van der Waals surface area contributed by atoms with Crippen LogP contribution in [-0.2, 0) is 0 Å². The minimum Gasteiger partial charge on any atom is -0.319 e. The minimum atomic E-state index is -0.707. The lowest BCUT2D eigenvalue weighted by molar-refractivity contribution is 0.0898. The van der Waals surface area contributed by atoms with Crippen LogP contribution >= 0.6 is 11.3 Å². The van der Waals surface area contributed by atoms with Crippen molar-refractivity contribution in [2.24, 2.45) is 5.73 Å². The Labute approximate surface area is 76.4 Å². The third-order valence-electron chi connectivity index (χ3n) is 2.04. The summed E-state index contributed by atoms with van der Waals surface area (Å²) in [4.78, 5) is 11.6. The fraction of sp³-hybridized carbons (Fsp3) is 0.444. The fourth-order valence-electron chi connectivity index (χ4n) is 0.884. The number of thiophene rings is 1. The lowest BCUT2D eigenvalue weighted by Crippen LogP contribution is -2.43. The predicted octanol–water partition coefficient (Wildman–Crippen LogP) is 2.06. The molecule has 2 nitrogen and oxygen atoms in total. The smallest absolute Gasteiger partial charge is 0.183 e. The summed E-state index contributed by atoms with van der Waals surface area (Å²) in [6.45, 7) is 3.69. The highest BCUT2D eigenvalue weighted by molar-refractivity contribution is 7.08. The van der Waals surface area contributed by atoms with E-state index in [2.05, 4.69) is 0 Å². The fourth-order valence-corrected chi connectivity index (χ4v) is 1.52. The molecule has 1 aromatic rings. The van der Waals surface area contributed by atoms with Crippen molar-refractivity contribution in [1.82, 2.24) is 0 Å². The van der Waals surface area contributed by atoms with E-state index in [1.165, 1.54) is 11.3 Å². The molecule has 0 aliphatic heterocycles. The average molecular weight is 183 g/mol. The first-order valence-corrected chi connectivity index (χ1v) is 4.88. The van der Waals surface area contributed by atoms with E-state index in [1.54, 1.807) is 6.92 Å². The first-order valence-electron chi connectivity index (χ1n) is 3.94. The molecular weight excluding hydrogens is 170 g/mol. The first-order chi connectivity index (χ1) is 5.58. The van der Waals surface area contributed by atoms with Gasteiger partial charge in [-0.2, -0.15) is 11.3 Å². The molecule has 0 saturated carbocycles. The molecule has 0 aliphatic rings. The summed E-state index contributed by atoms with van der Waals surface area (Å²) in [5, 5.41) is 3.72. The van der Waals surface area contributed by atoms with Crippen LogP contribution in [0.15, 0.2) is 16.8 Å². The molecule has 0 saturated heterocycles. The summed E-state index contributed by atoms with van der Waals surface area (Å²) in [6, 6.07) is 1.81. The molecule has 0 fully saturated rings. The zero-order valence-electron chi connectivity index (χ0n) is 7.33. The number of Topliss-reactive ketones (excluding diaryl/α,β-unsaturated/α-hetero) is 1. The first kappa shape index (κ1) is 9.42. The molecular formula is C9H13NOS. The molecule has 1 rings (SSSR count). The second kappa shape index (κ2) is 3.37. The minimum absolute atomic E-state index is 0.0336. The Bertz CT molecular complexity index is 264. The van der Waals surface area contributed by atoms with Crippen molar-refractivity contribution in [1.29, 1.82) is 0 Å². The Morgan fingerprint density at radius 2 is 2.42 bits per heavy atom. The third kappa shape index (κ3) is 1.73. The number of carbonyl (C=O) groups is 1. The van der Waals surface area contributed by atoms with Crippen molar-refractivity contribution < 1.29 is 4.79 Å². The maximum Gasteiger partial charge on any atom is 0.183 e. The molecule has 0 aromatic carbocycles. The van der Waals surface area contributed by atoms with Crippen molar-refractivity contribution in [2.75, 3.05) is 0 Å². The topological polar surface area (TPSA) is 43.1 Å². The van der Waals surface area contributed by atoms with E-state index in [0.29, 0.717) is 6.42 Å². The molecule has 1 aromatic heterocycles. The predicted molar refractivity (Wildman–Crippen MR) is 51.5 cm³/mol. The number of rotatable bonds is 3. The summed E-state index contributed by atoms with van der Waals surface area (Å²) in [6.07, 6.45) is 0.668. The Morgan fingerprint density at radius 3 is 2.83 bits per heavy atom. The molecule has 3 heteroatoms. The van der Waals surface area contributed by atoms with Gasteiger partial charge in [-0.05, 0) is 24.8 Å². The van der Waals surface area contributed by atoms with Crippen LogP contribution in [0, 0.1) is 0 Å². The number of hydrogen-bond donors (Lipinski definition) is 1. The molecule has 12 heavy (non-hydrogen) atoms. The maximum atomic E-state index is 11.6. The van der Waals surface area contributed by atoms with Gasteiger partial charge in [0.25, 0.3) is 0 Å². The molecule has 1 unspecified atom stereocenters. The van der Waals surface area contributed by atoms with Crippen molar-refractivity contribution in [3.05, 3.63) is 22.4 Å². The lowest BCUT2D eigenvalue weighted by atomic mass is 9.91. The Balaban J connectivity index is 2.86. The number of carbonyl (C=O) groups excluding carboxylic acids is 1. The van der Waals surface area contributed by atoms with Crippen LogP contribution in [0.1, 0.15) is 30.6 Å². The monoisotopic (exact) mass is 183 g/mol. The van der Waals surface area contributed by atoms with Crippen LogP contribution < -0.4 is 5.73 Å². The molecule has 66 valence electrons. The van der Waals surface area contributed by atoms with Gasteiger partial charge in [-0.15, -0.1) is 0 Å². The second-order valence-corrected chi connectivity index (χ2v) is 3.89. The van der Waals surface area contributed by atoms with Crippen LogP contribution in [-0.4, -0.2) is 11.3 Å². The summed E-state index contributed by atoms with van der Waals surface area (Å²) in [7, 11) is 0. The van der Waals surface area contributed by atoms with Crippen molar-refractivity contribution >= 4 is 17.1 Å². The van der Waals surface area contributed by atoms with Gasteiger partial charge in [0.2, 0.25) is 0 Å². The van der Waals surface area contributed by atoms with E-state index < -0.39 is 5.54 Å². The van der Waals surface area contributed by atoms with Gasteiger partial charge in [-0.25, -0.2) is 0 Å². The number of nitrogens with two attached hydrogens (primary N) is 1. The molecule has 0 spiro atoms. The molecule has 1 heterocycles. The summed E-state index contributed by atoms with van der Waals surface area (Å²) in [5.74, 6) is 0.0336. The van der Waals surface area contributed by atoms with E-state index in [0.717, 1.165) is 5.56 Å². The third-order valence-corrected chi connectivity index (χ3v) is 2.72. The highest BCUT2D eigenvalue weighted by Gasteiger charge is 2.26. The van der Waals surface area contributed by atoms with Crippen LogP contribution in [0.5, 0.6) is 0 Å². The van der Waals surface area contributed by atoms with Crippen LogP contribution in [0.2, 0.25) is 0 Å². The SMILES string of the molecule is CCC(C)(N)C(=O)c1ccsc1. The summed E-state index contributed by atoms with van der Waals surface area (Å²) >= 11 is 1.52. The molecule has 0 aliphatic carbocycles. The highest BCUT2D eigenvalue weighted by Crippen LogP contribution is 2.16. The molecule has 2 N–H and O–H groups in total. The molecule has 0 amide bonds. The Morgan fingerprint density at radius 1 is 1.75 bits per heavy atom. The zero-order valence-corrected chi connectivity index (χ0v) is 8.15. The van der Waals surface area contributed by atoms with Gasteiger partial charge < -0.3 is 5.73 Å². The van der Waals surface area contributed by atoms with E-state index in [-0.39, 0.29) is 5.78 Å². The Hall–Kier alpha value is -0.670. The lowest BCUT2D eigenvalue weighted by Gasteiger charge is -2.19. The van der Waals surface area contributed by atoms with Gasteiger partial charge in [0.15, 0.2) is 5.78 Å². The van der Waals surface area contributed by atoms with Crippen molar-refractivity contribution in [3.8, 4) is 0 Å². The van der Waals surface area contributed by atoms with Gasteiger partial charge in [-0.1, -0.05) is 6.92 Å². The summed E-state index contributed by atoms with van der Waals surface area (Å²) in [5.41, 5.74) is 5.83. The quantitative estimate of drug-likeness (QED) is 0.729. The van der Waals surface area contributed by atoms with Crippen LogP contribution in [0.3, 0.4) is 0 Å². The molecule has 0 bridgehead atoms. The zero-order chi connectivity index (χ0) is 9.19. The van der Waals surface area contributed by atoms with E-state index in [9.17, 15) is 4.79 Å². The molecule has 1 atom stereocenters. The van der Waals surface area contributed by atoms with Gasteiger partial charge in [0.1, 0.15) is 0 Å². The van der Waals surface area contributed by atoms with Crippen LogP contribution in [0.25, 0.3) is 0 Å². The van der Waals surface area contributed by atoms with E-state index >= 15 is 0 Å². The highest BCUT2D eigenvalue weighted by atomic mass is 32.1. The van der Waals surface area contributed by atoms with Crippen molar-refractivity contribution in [3.63, 3.8) is 0 Å². The summed E-state index contributed by atoms with van der Waals surface area (Å²) < 4.78 is 0. The largest absolute Gasteiger partial charge is 0.319 e. The normalized spacial score (nSPS) is 15.6. The number of ketones is 1. The van der Waals surface area contributed by atoms with E-state index in [4.69, 9.17) is 5.73 Å². The number of hydrogen-bond acceptors (Lipinski definition) is 3. The molecule has 0 radical (unpaired) electrons. The van der Waals surface area contributed by atoms with Gasteiger partial charge >= 0.3 is 0 Å².